The van der Waals surface area contributed by atoms with Crippen molar-refractivity contribution >= 4 is 16.9 Å². The highest BCUT2D eigenvalue weighted by molar-refractivity contribution is 5.93. The van der Waals surface area contributed by atoms with Crippen molar-refractivity contribution in [2.75, 3.05) is 0 Å². The summed E-state index contributed by atoms with van der Waals surface area (Å²) in [4.78, 5) is 26.4. The molecule has 0 aliphatic heterocycles. The molecule has 0 fully saturated rings. The van der Waals surface area contributed by atoms with Gasteiger partial charge in [-0.15, -0.1) is 0 Å². The van der Waals surface area contributed by atoms with Gasteiger partial charge in [0.25, 0.3) is 0 Å². The van der Waals surface area contributed by atoms with Gasteiger partial charge in [-0.3, -0.25) is 4.79 Å². The van der Waals surface area contributed by atoms with E-state index in [0.717, 1.165) is 36.9 Å². The third kappa shape index (κ3) is 1.61. The van der Waals surface area contributed by atoms with Gasteiger partial charge in [0.1, 0.15) is 0 Å². The number of H-pyrrole nitrogens is 1. The predicted octanol–water partition coefficient (Wildman–Crippen LogP) is 2.11. The van der Waals surface area contributed by atoms with E-state index < -0.39 is 5.97 Å². The molecule has 0 saturated carbocycles. The third-order valence-corrected chi connectivity index (χ3v) is 3.54. The van der Waals surface area contributed by atoms with E-state index in [4.69, 9.17) is 5.11 Å². The Hall–Kier alpha value is -2.10. The van der Waals surface area contributed by atoms with E-state index in [2.05, 4.69) is 4.98 Å². The molecule has 1 aromatic heterocycles. The summed E-state index contributed by atoms with van der Waals surface area (Å²) in [5, 5.41) is 9.54. The molecule has 0 radical (unpaired) electrons. The van der Waals surface area contributed by atoms with Crippen LogP contribution in [-0.2, 0) is 12.8 Å². The van der Waals surface area contributed by atoms with Crippen molar-refractivity contribution in [3.63, 3.8) is 0 Å². The molecule has 1 aromatic carbocycles. The fourth-order valence-corrected chi connectivity index (χ4v) is 2.60. The van der Waals surface area contributed by atoms with E-state index >= 15 is 0 Å². The number of hydrogen-bond acceptors (Lipinski definition) is 2. The zero-order valence-corrected chi connectivity index (χ0v) is 9.82. The zero-order chi connectivity index (χ0) is 12.7. The van der Waals surface area contributed by atoms with Gasteiger partial charge >= 0.3 is 5.97 Å². The van der Waals surface area contributed by atoms with Crippen molar-refractivity contribution in [2.24, 2.45) is 0 Å². The standard InChI is InChI=1S/C14H13NO3/c16-13-9-3-1-2-4-11(9)15-12-7-8(14(17)18)5-6-10(12)13/h5-7H,1-4H2,(H,15,16)(H,17,18). The van der Waals surface area contributed by atoms with Gasteiger partial charge in [0.05, 0.1) is 11.1 Å². The molecule has 0 bridgehead atoms. The lowest BCUT2D eigenvalue weighted by Crippen LogP contribution is -2.18. The van der Waals surface area contributed by atoms with Gasteiger partial charge < -0.3 is 10.1 Å². The molecule has 0 amide bonds. The lowest BCUT2D eigenvalue weighted by Gasteiger charge is -2.15. The number of aryl methyl sites for hydroxylation is 1. The first-order valence-corrected chi connectivity index (χ1v) is 6.08. The van der Waals surface area contributed by atoms with Crippen LogP contribution >= 0.6 is 0 Å². The second-order valence-corrected chi connectivity index (χ2v) is 4.68. The number of carboxylic acids is 1. The van der Waals surface area contributed by atoms with E-state index in [0.29, 0.717) is 10.9 Å². The van der Waals surface area contributed by atoms with E-state index in [1.54, 1.807) is 6.07 Å². The van der Waals surface area contributed by atoms with Gasteiger partial charge in [0.15, 0.2) is 5.43 Å². The quantitative estimate of drug-likeness (QED) is 0.805. The minimum absolute atomic E-state index is 0.0513. The number of nitrogens with one attached hydrogen (secondary N) is 1. The summed E-state index contributed by atoms with van der Waals surface area (Å²) in [6.45, 7) is 0. The number of carbonyl (C=O) groups is 1. The summed E-state index contributed by atoms with van der Waals surface area (Å²) >= 11 is 0. The first-order valence-electron chi connectivity index (χ1n) is 6.08. The number of rotatable bonds is 1. The highest BCUT2D eigenvalue weighted by Crippen LogP contribution is 2.20. The largest absolute Gasteiger partial charge is 0.478 e. The predicted molar refractivity (Wildman–Crippen MR) is 68.2 cm³/mol. The summed E-state index contributed by atoms with van der Waals surface area (Å²) in [7, 11) is 0. The van der Waals surface area contributed by atoms with Gasteiger partial charge in [-0.2, -0.15) is 0 Å². The Bertz CT molecular complexity index is 700. The van der Waals surface area contributed by atoms with Crippen LogP contribution in [-0.4, -0.2) is 16.1 Å². The van der Waals surface area contributed by atoms with Gasteiger partial charge in [0, 0.05) is 16.6 Å². The number of pyridine rings is 1. The molecule has 4 nitrogen and oxygen atoms in total. The summed E-state index contributed by atoms with van der Waals surface area (Å²) in [5.41, 5.74) is 2.72. The lowest BCUT2D eigenvalue weighted by molar-refractivity contribution is 0.0697. The Morgan fingerprint density at radius 1 is 1.22 bits per heavy atom. The molecule has 2 N–H and O–H groups in total. The Morgan fingerprint density at radius 3 is 2.78 bits per heavy atom. The van der Waals surface area contributed by atoms with E-state index in [1.807, 2.05) is 0 Å². The number of fused-ring (bicyclic) bond motifs is 2. The maximum Gasteiger partial charge on any atom is 0.335 e. The van der Waals surface area contributed by atoms with Crippen molar-refractivity contribution in [1.82, 2.24) is 4.98 Å². The van der Waals surface area contributed by atoms with Crippen molar-refractivity contribution in [1.29, 1.82) is 0 Å². The molecule has 0 spiro atoms. The zero-order valence-electron chi connectivity index (χ0n) is 9.82. The van der Waals surface area contributed by atoms with Crippen LogP contribution in [0.4, 0.5) is 0 Å². The number of benzene rings is 1. The van der Waals surface area contributed by atoms with E-state index in [1.165, 1.54) is 12.1 Å². The van der Waals surface area contributed by atoms with Crippen molar-refractivity contribution < 1.29 is 9.90 Å². The molecular weight excluding hydrogens is 230 g/mol. The van der Waals surface area contributed by atoms with Crippen LogP contribution in [0, 0.1) is 0 Å². The molecule has 1 aliphatic carbocycles. The molecule has 92 valence electrons. The Morgan fingerprint density at radius 2 is 2.00 bits per heavy atom. The third-order valence-electron chi connectivity index (χ3n) is 3.54. The highest BCUT2D eigenvalue weighted by atomic mass is 16.4. The fourth-order valence-electron chi connectivity index (χ4n) is 2.60. The average molecular weight is 243 g/mol. The lowest BCUT2D eigenvalue weighted by atomic mass is 9.94. The normalized spacial score (nSPS) is 14.4. The molecule has 0 saturated heterocycles. The summed E-state index contributed by atoms with van der Waals surface area (Å²) in [5.74, 6) is -0.976. The summed E-state index contributed by atoms with van der Waals surface area (Å²) in [6, 6.07) is 4.62. The maximum atomic E-state index is 12.3. The minimum Gasteiger partial charge on any atom is -0.478 e. The Balaban J connectivity index is 2.31. The molecule has 2 aromatic rings. The fraction of sp³-hybridized carbons (Fsp3) is 0.286. The van der Waals surface area contributed by atoms with Crippen LogP contribution in [0.25, 0.3) is 10.9 Å². The number of aromatic amines is 1. The molecule has 0 atom stereocenters. The topological polar surface area (TPSA) is 70.2 Å². The monoisotopic (exact) mass is 243 g/mol. The maximum absolute atomic E-state index is 12.3. The first kappa shape index (κ1) is 11.0. The van der Waals surface area contributed by atoms with Crippen LogP contribution in [0.1, 0.15) is 34.5 Å². The smallest absolute Gasteiger partial charge is 0.335 e. The molecule has 4 heteroatoms. The van der Waals surface area contributed by atoms with Crippen LogP contribution < -0.4 is 5.43 Å². The van der Waals surface area contributed by atoms with Crippen molar-refractivity contribution in [3.8, 4) is 0 Å². The van der Waals surface area contributed by atoms with Crippen LogP contribution in [0.15, 0.2) is 23.0 Å². The van der Waals surface area contributed by atoms with Gasteiger partial charge in [-0.25, -0.2) is 4.79 Å². The minimum atomic E-state index is -0.976. The van der Waals surface area contributed by atoms with Crippen LogP contribution in [0.2, 0.25) is 0 Å². The number of aromatic nitrogens is 1. The van der Waals surface area contributed by atoms with Crippen LogP contribution in [0.5, 0.6) is 0 Å². The molecular formula is C14H13NO3. The molecule has 18 heavy (non-hydrogen) atoms. The molecule has 0 unspecified atom stereocenters. The summed E-state index contributed by atoms with van der Waals surface area (Å²) < 4.78 is 0. The second-order valence-electron chi connectivity index (χ2n) is 4.68. The van der Waals surface area contributed by atoms with Gasteiger partial charge in [-0.1, -0.05) is 0 Å². The highest BCUT2D eigenvalue weighted by Gasteiger charge is 2.16. The number of aromatic carboxylic acids is 1. The summed E-state index contributed by atoms with van der Waals surface area (Å²) in [6.07, 6.45) is 3.82. The number of carboxylic acid groups (broad SMARTS) is 1. The molecule has 1 aliphatic rings. The van der Waals surface area contributed by atoms with Crippen molar-refractivity contribution in [3.05, 3.63) is 45.2 Å². The van der Waals surface area contributed by atoms with Gasteiger partial charge in [-0.05, 0) is 43.9 Å². The Kier molecular flexibility index (Phi) is 2.44. The molecule has 1 heterocycles. The first-order chi connectivity index (χ1) is 8.66. The second kappa shape index (κ2) is 3.98. The average Bonchev–Trinajstić information content (AvgIpc) is 2.38. The SMILES string of the molecule is O=C(O)c1ccc2c(=O)c3c([nH]c2c1)CCCC3. The van der Waals surface area contributed by atoms with Crippen molar-refractivity contribution in [2.45, 2.75) is 25.7 Å². The van der Waals surface area contributed by atoms with E-state index in [-0.39, 0.29) is 11.0 Å². The van der Waals surface area contributed by atoms with E-state index in [9.17, 15) is 9.59 Å². The molecule has 3 rings (SSSR count). The van der Waals surface area contributed by atoms with Gasteiger partial charge in [0.2, 0.25) is 0 Å². The Labute approximate surface area is 103 Å². The van der Waals surface area contributed by atoms with Crippen LogP contribution in [0.3, 0.4) is 0 Å². The number of hydrogen-bond donors (Lipinski definition) is 2.